The predicted molar refractivity (Wildman–Crippen MR) is 92.4 cm³/mol. The molecule has 0 spiro atoms. The van der Waals surface area contributed by atoms with Gasteiger partial charge in [-0.25, -0.2) is 4.98 Å². The number of carbonyl (C=O) groups excluding carboxylic acids is 2. The molecular formula is C18H22N4O3. The molecule has 1 aromatic carbocycles. The van der Waals surface area contributed by atoms with Crippen molar-refractivity contribution in [1.29, 1.82) is 0 Å². The maximum Gasteiger partial charge on any atom is 0.257 e. The first-order chi connectivity index (χ1) is 12.1. The third-order valence-corrected chi connectivity index (χ3v) is 4.38. The number of carbonyl (C=O) groups is 2. The Kier molecular flexibility index (Phi) is 5.02. The van der Waals surface area contributed by atoms with Crippen molar-refractivity contribution in [2.24, 2.45) is 0 Å². The molecule has 1 unspecified atom stereocenters. The van der Waals surface area contributed by atoms with Gasteiger partial charge in [0, 0.05) is 25.9 Å². The predicted octanol–water partition coefficient (Wildman–Crippen LogP) is 1.68. The van der Waals surface area contributed by atoms with Gasteiger partial charge in [-0.15, -0.1) is 0 Å². The normalized spacial score (nSPS) is 16.7. The van der Waals surface area contributed by atoms with Gasteiger partial charge in [-0.2, -0.15) is 0 Å². The van der Waals surface area contributed by atoms with Gasteiger partial charge in [0.2, 0.25) is 5.91 Å². The Balaban J connectivity index is 1.65. The first-order valence-electron chi connectivity index (χ1n) is 8.29. The Morgan fingerprint density at radius 3 is 2.96 bits per heavy atom. The molecule has 1 aromatic heterocycles. The van der Waals surface area contributed by atoms with E-state index in [1.54, 1.807) is 25.4 Å². The Hall–Kier alpha value is -2.83. The molecule has 1 aliphatic heterocycles. The quantitative estimate of drug-likeness (QED) is 0.865. The van der Waals surface area contributed by atoms with Crippen molar-refractivity contribution < 1.29 is 14.3 Å². The summed E-state index contributed by atoms with van der Waals surface area (Å²) in [5, 5.41) is 2.74. The SMILES string of the molecule is COc1ccccc1C(=O)N1CCC(c2ncc(CNC(C)=O)[nH]2)C1. The molecule has 0 radical (unpaired) electrons. The lowest BCUT2D eigenvalue weighted by atomic mass is 10.1. The van der Waals surface area contributed by atoms with Crippen LogP contribution in [0.25, 0.3) is 0 Å². The van der Waals surface area contributed by atoms with Gasteiger partial charge in [-0.3, -0.25) is 9.59 Å². The van der Waals surface area contributed by atoms with Gasteiger partial charge in [0.1, 0.15) is 11.6 Å². The Morgan fingerprint density at radius 1 is 1.40 bits per heavy atom. The van der Waals surface area contributed by atoms with Crippen LogP contribution in [0.3, 0.4) is 0 Å². The van der Waals surface area contributed by atoms with Crippen LogP contribution in [0.15, 0.2) is 30.5 Å². The van der Waals surface area contributed by atoms with Crippen LogP contribution in [0.5, 0.6) is 5.75 Å². The second kappa shape index (κ2) is 7.38. The second-order valence-electron chi connectivity index (χ2n) is 6.14. The van der Waals surface area contributed by atoms with E-state index in [-0.39, 0.29) is 17.7 Å². The summed E-state index contributed by atoms with van der Waals surface area (Å²) in [6, 6.07) is 7.26. The second-order valence-corrected chi connectivity index (χ2v) is 6.14. The number of para-hydroxylation sites is 1. The van der Waals surface area contributed by atoms with Crippen LogP contribution >= 0.6 is 0 Å². The minimum absolute atomic E-state index is 0.0232. The number of nitrogens with one attached hydrogen (secondary N) is 2. The fourth-order valence-corrected chi connectivity index (χ4v) is 3.05. The molecule has 1 aliphatic rings. The van der Waals surface area contributed by atoms with E-state index in [1.165, 1.54) is 6.92 Å². The van der Waals surface area contributed by atoms with Gasteiger partial charge < -0.3 is 19.9 Å². The van der Waals surface area contributed by atoms with Crippen LogP contribution in [-0.4, -0.2) is 46.9 Å². The number of aromatic amines is 1. The van der Waals surface area contributed by atoms with Gasteiger partial charge >= 0.3 is 0 Å². The standard InChI is InChI=1S/C18H22N4O3/c1-12(23)19-9-14-10-20-17(21-14)13-7-8-22(11-13)18(24)15-5-3-4-6-16(15)25-2/h3-6,10,13H,7-9,11H2,1-2H3,(H,19,23)(H,20,21). The topological polar surface area (TPSA) is 87.3 Å². The van der Waals surface area contributed by atoms with Crippen molar-refractivity contribution in [3.05, 3.63) is 47.5 Å². The summed E-state index contributed by atoms with van der Waals surface area (Å²) in [5.41, 5.74) is 1.44. The summed E-state index contributed by atoms with van der Waals surface area (Å²) in [6.07, 6.45) is 2.59. The molecule has 0 bridgehead atoms. The third kappa shape index (κ3) is 3.81. The van der Waals surface area contributed by atoms with Crippen molar-refractivity contribution in [1.82, 2.24) is 20.2 Å². The van der Waals surface area contributed by atoms with Gasteiger partial charge in [-0.05, 0) is 18.6 Å². The van der Waals surface area contributed by atoms with Crippen LogP contribution in [0.1, 0.15) is 41.1 Å². The number of likely N-dealkylation sites (tertiary alicyclic amines) is 1. The highest BCUT2D eigenvalue weighted by Gasteiger charge is 2.30. The van der Waals surface area contributed by atoms with Crippen molar-refractivity contribution in [3.63, 3.8) is 0 Å². The smallest absolute Gasteiger partial charge is 0.257 e. The van der Waals surface area contributed by atoms with E-state index in [2.05, 4.69) is 15.3 Å². The number of aromatic nitrogens is 2. The average Bonchev–Trinajstić information content (AvgIpc) is 3.28. The minimum Gasteiger partial charge on any atom is -0.496 e. The van der Waals surface area contributed by atoms with E-state index in [4.69, 9.17) is 4.74 Å². The zero-order chi connectivity index (χ0) is 17.8. The molecule has 2 amide bonds. The average molecular weight is 342 g/mol. The first-order valence-corrected chi connectivity index (χ1v) is 8.29. The molecule has 1 atom stereocenters. The lowest BCUT2D eigenvalue weighted by Crippen LogP contribution is -2.28. The number of hydrogen-bond acceptors (Lipinski definition) is 4. The highest BCUT2D eigenvalue weighted by atomic mass is 16.5. The van der Waals surface area contributed by atoms with Crippen LogP contribution < -0.4 is 10.1 Å². The summed E-state index contributed by atoms with van der Waals surface area (Å²) in [5.74, 6) is 1.52. The number of H-pyrrole nitrogens is 1. The largest absolute Gasteiger partial charge is 0.496 e. The summed E-state index contributed by atoms with van der Waals surface area (Å²) in [7, 11) is 1.57. The van der Waals surface area contributed by atoms with E-state index in [9.17, 15) is 9.59 Å². The number of imidazole rings is 1. The minimum atomic E-state index is -0.0782. The summed E-state index contributed by atoms with van der Waals surface area (Å²) >= 11 is 0. The van der Waals surface area contributed by atoms with E-state index in [1.807, 2.05) is 17.0 Å². The van der Waals surface area contributed by atoms with E-state index < -0.39 is 0 Å². The Labute approximate surface area is 146 Å². The van der Waals surface area contributed by atoms with E-state index in [0.717, 1.165) is 17.9 Å². The monoisotopic (exact) mass is 342 g/mol. The molecular weight excluding hydrogens is 320 g/mol. The molecule has 2 aromatic rings. The third-order valence-electron chi connectivity index (χ3n) is 4.38. The van der Waals surface area contributed by atoms with E-state index >= 15 is 0 Å². The molecule has 0 saturated carbocycles. The zero-order valence-corrected chi connectivity index (χ0v) is 14.4. The fraction of sp³-hybridized carbons (Fsp3) is 0.389. The molecule has 1 saturated heterocycles. The zero-order valence-electron chi connectivity index (χ0n) is 14.4. The van der Waals surface area contributed by atoms with Crippen LogP contribution in [-0.2, 0) is 11.3 Å². The van der Waals surface area contributed by atoms with Gasteiger partial charge in [-0.1, -0.05) is 12.1 Å². The lowest BCUT2D eigenvalue weighted by molar-refractivity contribution is -0.119. The van der Waals surface area contributed by atoms with Crippen molar-refractivity contribution in [2.75, 3.05) is 20.2 Å². The fourth-order valence-electron chi connectivity index (χ4n) is 3.05. The maximum atomic E-state index is 12.8. The number of amides is 2. The number of benzene rings is 1. The molecule has 25 heavy (non-hydrogen) atoms. The van der Waals surface area contributed by atoms with E-state index in [0.29, 0.717) is 30.9 Å². The molecule has 1 fully saturated rings. The van der Waals surface area contributed by atoms with Gasteiger partial charge in [0.15, 0.2) is 0 Å². The summed E-state index contributed by atoms with van der Waals surface area (Å²) < 4.78 is 5.29. The van der Waals surface area contributed by atoms with Gasteiger partial charge in [0.25, 0.3) is 5.91 Å². The highest BCUT2D eigenvalue weighted by Crippen LogP contribution is 2.28. The number of hydrogen-bond donors (Lipinski definition) is 2. The maximum absolute atomic E-state index is 12.8. The summed E-state index contributed by atoms with van der Waals surface area (Å²) in [4.78, 5) is 33.2. The Bertz CT molecular complexity index is 771. The molecule has 2 N–H and O–H groups in total. The molecule has 0 aliphatic carbocycles. The molecule has 7 nitrogen and oxygen atoms in total. The molecule has 2 heterocycles. The first kappa shape index (κ1) is 17.0. The number of methoxy groups -OCH3 is 1. The van der Waals surface area contributed by atoms with Crippen molar-refractivity contribution >= 4 is 11.8 Å². The number of rotatable bonds is 5. The molecule has 132 valence electrons. The van der Waals surface area contributed by atoms with Crippen molar-refractivity contribution in [2.45, 2.75) is 25.8 Å². The number of nitrogens with zero attached hydrogens (tertiary/aromatic N) is 2. The Morgan fingerprint density at radius 2 is 2.20 bits per heavy atom. The van der Waals surface area contributed by atoms with Crippen LogP contribution in [0.2, 0.25) is 0 Å². The van der Waals surface area contributed by atoms with Crippen molar-refractivity contribution in [3.8, 4) is 5.75 Å². The highest BCUT2D eigenvalue weighted by molar-refractivity contribution is 5.97. The van der Waals surface area contributed by atoms with Crippen LogP contribution in [0.4, 0.5) is 0 Å². The molecule has 3 rings (SSSR count). The van der Waals surface area contributed by atoms with Gasteiger partial charge in [0.05, 0.1) is 31.1 Å². The lowest BCUT2D eigenvalue weighted by Gasteiger charge is -2.17. The van der Waals surface area contributed by atoms with Crippen LogP contribution in [0, 0.1) is 0 Å². The summed E-state index contributed by atoms with van der Waals surface area (Å²) in [6.45, 7) is 3.21. The number of ether oxygens (including phenoxy) is 1. The molecule has 7 heteroatoms.